The second-order valence-corrected chi connectivity index (χ2v) is 6.48. The quantitative estimate of drug-likeness (QED) is 0.760. The second kappa shape index (κ2) is 9.84. The molecule has 1 amide bonds. The molecule has 0 unspecified atom stereocenters. The third-order valence-electron chi connectivity index (χ3n) is 3.83. The lowest BCUT2D eigenvalue weighted by Gasteiger charge is -2.22. The third-order valence-corrected chi connectivity index (χ3v) is 3.83. The van der Waals surface area contributed by atoms with Gasteiger partial charge < -0.3 is 14.7 Å². The molecule has 0 heterocycles. The van der Waals surface area contributed by atoms with Crippen molar-refractivity contribution in [3.8, 4) is 5.75 Å². The molecule has 0 saturated carbocycles. The van der Waals surface area contributed by atoms with Crippen LogP contribution in [0, 0.1) is 5.92 Å². The molecule has 0 aliphatic heterocycles. The number of aliphatic hydroxyl groups excluding tert-OH is 1. The molecule has 0 fully saturated rings. The van der Waals surface area contributed by atoms with Gasteiger partial charge in [-0.3, -0.25) is 4.79 Å². The Labute approximate surface area is 150 Å². The lowest BCUT2D eigenvalue weighted by Crippen LogP contribution is -2.35. The largest absolute Gasteiger partial charge is 0.493 e. The molecular weight excluding hydrogens is 314 g/mol. The minimum atomic E-state index is -0.0834. The maximum Gasteiger partial charge on any atom is 0.254 e. The van der Waals surface area contributed by atoms with E-state index in [4.69, 9.17) is 4.74 Å². The lowest BCUT2D eigenvalue weighted by atomic mass is 10.1. The van der Waals surface area contributed by atoms with E-state index in [1.807, 2.05) is 42.5 Å². The Hall–Kier alpha value is -2.33. The van der Waals surface area contributed by atoms with Gasteiger partial charge >= 0.3 is 0 Å². The van der Waals surface area contributed by atoms with Gasteiger partial charge in [-0.25, -0.2) is 0 Å². The van der Waals surface area contributed by atoms with Crippen LogP contribution in [0.2, 0.25) is 0 Å². The molecule has 1 N–H and O–H groups in total. The SMILES string of the molecule is CC(C)COc1cccc(C(=O)N(CCO)CCc2ccccc2)c1. The molecule has 2 rings (SSSR count). The van der Waals surface area contributed by atoms with E-state index < -0.39 is 0 Å². The van der Waals surface area contributed by atoms with Crippen LogP contribution in [-0.2, 0) is 6.42 Å². The molecular formula is C21H27NO3. The minimum absolute atomic E-state index is 0.0515. The second-order valence-electron chi connectivity index (χ2n) is 6.48. The first-order valence-electron chi connectivity index (χ1n) is 8.77. The van der Waals surface area contributed by atoms with Gasteiger partial charge in [0.05, 0.1) is 13.2 Å². The number of hydrogen-bond donors (Lipinski definition) is 1. The standard InChI is InChI=1S/C21H27NO3/c1-17(2)16-25-20-10-6-9-19(15-20)21(24)22(13-14-23)12-11-18-7-4-3-5-8-18/h3-10,15,17,23H,11-14,16H2,1-2H3. The fourth-order valence-electron chi connectivity index (χ4n) is 2.51. The van der Waals surface area contributed by atoms with Crippen LogP contribution in [-0.4, -0.2) is 42.2 Å². The summed E-state index contributed by atoms with van der Waals surface area (Å²) in [7, 11) is 0. The first-order valence-corrected chi connectivity index (χ1v) is 8.77. The van der Waals surface area contributed by atoms with Crippen molar-refractivity contribution in [2.24, 2.45) is 5.92 Å². The molecule has 0 spiro atoms. The number of aliphatic hydroxyl groups is 1. The molecule has 25 heavy (non-hydrogen) atoms. The zero-order valence-electron chi connectivity index (χ0n) is 15.0. The van der Waals surface area contributed by atoms with Crippen molar-refractivity contribution in [1.29, 1.82) is 0 Å². The zero-order chi connectivity index (χ0) is 18.1. The molecule has 0 bridgehead atoms. The Morgan fingerprint density at radius 2 is 1.84 bits per heavy atom. The third kappa shape index (κ3) is 6.24. The highest BCUT2D eigenvalue weighted by molar-refractivity contribution is 5.94. The monoisotopic (exact) mass is 341 g/mol. The lowest BCUT2D eigenvalue weighted by molar-refractivity contribution is 0.0723. The summed E-state index contributed by atoms with van der Waals surface area (Å²) in [5, 5.41) is 9.31. The summed E-state index contributed by atoms with van der Waals surface area (Å²) < 4.78 is 5.71. The number of carbonyl (C=O) groups excluding carboxylic acids is 1. The van der Waals surface area contributed by atoms with Gasteiger partial charge in [0, 0.05) is 18.7 Å². The van der Waals surface area contributed by atoms with Crippen molar-refractivity contribution in [3.05, 3.63) is 65.7 Å². The Morgan fingerprint density at radius 1 is 1.08 bits per heavy atom. The number of rotatable bonds is 9. The molecule has 134 valence electrons. The van der Waals surface area contributed by atoms with E-state index in [1.165, 1.54) is 5.56 Å². The van der Waals surface area contributed by atoms with E-state index in [0.29, 0.717) is 36.9 Å². The summed E-state index contributed by atoms with van der Waals surface area (Å²) in [6, 6.07) is 17.3. The first kappa shape index (κ1) is 19.0. The van der Waals surface area contributed by atoms with Gasteiger partial charge in [-0.05, 0) is 36.1 Å². The van der Waals surface area contributed by atoms with Crippen molar-refractivity contribution in [2.45, 2.75) is 20.3 Å². The smallest absolute Gasteiger partial charge is 0.254 e. The van der Waals surface area contributed by atoms with Crippen molar-refractivity contribution in [1.82, 2.24) is 4.90 Å². The Balaban J connectivity index is 2.04. The first-order chi connectivity index (χ1) is 12.1. The summed E-state index contributed by atoms with van der Waals surface area (Å²) in [6.07, 6.45) is 0.760. The maximum atomic E-state index is 12.8. The average Bonchev–Trinajstić information content (AvgIpc) is 2.64. The predicted molar refractivity (Wildman–Crippen MR) is 99.9 cm³/mol. The van der Waals surface area contributed by atoms with Crippen LogP contribution >= 0.6 is 0 Å². The zero-order valence-corrected chi connectivity index (χ0v) is 15.0. The molecule has 0 aliphatic rings. The number of ether oxygens (including phenoxy) is 1. The molecule has 0 radical (unpaired) electrons. The maximum absolute atomic E-state index is 12.8. The van der Waals surface area contributed by atoms with Crippen molar-refractivity contribution >= 4 is 5.91 Å². The molecule has 2 aromatic carbocycles. The normalized spacial score (nSPS) is 10.7. The van der Waals surface area contributed by atoms with Gasteiger partial charge in [0.2, 0.25) is 0 Å². The Morgan fingerprint density at radius 3 is 2.52 bits per heavy atom. The molecule has 0 saturated heterocycles. The van der Waals surface area contributed by atoms with E-state index >= 15 is 0 Å². The molecule has 4 heteroatoms. The van der Waals surface area contributed by atoms with Gasteiger partial charge in [-0.15, -0.1) is 0 Å². The van der Waals surface area contributed by atoms with Crippen LogP contribution in [0.25, 0.3) is 0 Å². The molecule has 2 aromatic rings. The number of nitrogens with zero attached hydrogens (tertiary/aromatic N) is 1. The Kier molecular flexibility index (Phi) is 7.48. The van der Waals surface area contributed by atoms with Crippen LogP contribution in [0.4, 0.5) is 0 Å². The van der Waals surface area contributed by atoms with Crippen molar-refractivity contribution < 1.29 is 14.6 Å². The highest BCUT2D eigenvalue weighted by Crippen LogP contribution is 2.16. The van der Waals surface area contributed by atoms with Crippen LogP contribution in [0.15, 0.2) is 54.6 Å². The molecule has 0 aromatic heterocycles. The molecule has 4 nitrogen and oxygen atoms in total. The van der Waals surface area contributed by atoms with Gasteiger partial charge in [-0.1, -0.05) is 50.2 Å². The van der Waals surface area contributed by atoms with E-state index in [2.05, 4.69) is 13.8 Å². The summed E-state index contributed by atoms with van der Waals surface area (Å²) in [5.41, 5.74) is 1.76. The summed E-state index contributed by atoms with van der Waals surface area (Å²) in [6.45, 7) is 5.63. The number of carbonyl (C=O) groups is 1. The minimum Gasteiger partial charge on any atom is -0.493 e. The number of hydrogen-bond acceptors (Lipinski definition) is 3. The molecule has 0 aliphatic carbocycles. The number of benzene rings is 2. The summed E-state index contributed by atoms with van der Waals surface area (Å²) in [4.78, 5) is 14.5. The topological polar surface area (TPSA) is 49.8 Å². The van der Waals surface area contributed by atoms with Crippen molar-refractivity contribution in [3.63, 3.8) is 0 Å². The van der Waals surface area contributed by atoms with Crippen LogP contribution in [0.5, 0.6) is 5.75 Å². The van der Waals surface area contributed by atoms with Crippen LogP contribution in [0.1, 0.15) is 29.8 Å². The van der Waals surface area contributed by atoms with Gasteiger partial charge in [0.25, 0.3) is 5.91 Å². The Bertz CT molecular complexity index is 655. The van der Waals surface area contributed by atoms with E-state index in [-0.39, 0.29) is 12.5 Å². The van der Waals surface area contributed by atoms with Gasteiger partial charge in [-0.2, -0.15) is 0 Å². The fraction of sp³-hybridized carbons (Fsp3) is 0.381. The molecule has 0 atom stereocenters. The fourth-order valence-corrected chi connectivity index (χ4v) is 2.51. The van der Waals surface area contributed by atoms with Gasteiger partial charge in [0.15, 0.2) is 0 Å². The summed E-state index contributed by atoms with van der Waals surface area (Å²) >= 11 is 0. The average molecular weight is 341 g/mol. The van der Waals surface area contributed by atoms with Gasteiger partial charge in [0.1, 0.15) is 5.75 Å². The van der Waals surface area contributed by atoms with E-state index in [1.54, 1.807) is 17.0 Å². The van der Waals surface area contributed by atoms with E-state index in [0.717, 1.165) is 6.42 Å². The van der Waals surface area contributed by atoms with Crippen LogP contribution < -0.4 is 4.74 Å². The van der Waals surface area contributed by atoms with Crippen LogP contribution in [0.3, 0.4) is 0 Å². The summed E-state index contributed by atoms with van der Waals surface area (Å²) in [5.74, 6) is 1.04. The van der Waals surface area contributed by atoms with Crippen molar-refractivity contribution in [2.75, 3.05) is 26.3 Å². The highest BCUT2D eigenvalue weighted by Gasteiger charge is 2.16. The number of amides is 1. The highest BCUT2D eigenvalue weighted by atomic mass is 16.5. The van der Waals surface area contributed by atoms with E-state index in [9.17, 15) is 9.90 Å². The predicted octanol–water partition coefficient (Wildman–Crippen LogP) is 3.40.